The van der Waals surface area contributed by atoms with E-state index in [-0.39, 0.29) is 44.3 Å². The molecule has 0 atom stereocenters. The van der Waals surface area contributed by atoms with Crippen LogP contribution in [-0.2, 0) is 34.2 Å². The van der Waals surface area contributed by atoms with E-state index >= 15 is 13.2 Å². The summed E-state index contributed by atoms with van der Waals surface area (Å²) in [5.41, 5.74) is -2.20. The van der Waals surface area contributed by atoms with Crippen LogP contribution in [0.5, 0.6) is 5.75 Å². The number of carbonyl (C=O) groups is 1. The van der Waals surface area contributed by atoms with Crippen LogP contribution in [0.3, 0.4) is 0 Å². The number of sulfone groups is 1. The first kappa shape index (κ1) is 36.5. The second kappa shape index (κ2) is 12.4. The zero-order valence-corrected chi connectivity index (χ0v) is 28.4. The highest BCUT2D eigenvalue weighted by molar-refractivity contribution is 7.90. The Kier molecular flexibility index (Phi) is 8.74. The molecule has 0 aliphatic heterocycles. The number of ether oxygens (including phenoxy) is 1. The van der Waals surface area contributed by atoms with Crippen molar-refractivity contribution in [2.24, 2.45) is 7.05 Å². The summed E-state index contributed by atoms with van der Waals surface area (Å²) in [6.07, 6.45) is -2.87. The third kappa shape index (κ3) is 6.39. The maximum Gasteiger partial charge on any atom is 0.573 e. The molecule has 52 heavy (non-hydrogen) atoms. The predicted octanol–water partition coefficient (Wildman–Crippen LogP) is 4.21. The number of aliphatic hydroxyl groups excluding tert-OH is 2. The highest BCUT2D eigenvalue weighted by Crippen LogP contribution is 2.37. The van der Waals surface area contributed by atoms with Gasteiger partial charge in [-0.2, -0.15) is 13.9 Å². The van der Waals surface area contributed by atoms with E-state index in [4.69, 9.17) is 0 Å². The first-order valence-corrected chi connectivity index (χ1v) is 17.1. The molecule has 3 aromatic heterocycles. The van der Waals surface area contributed by atoms with E-state index < -0.39 is 74.5 Å². The summed E-state index contributed by atoms with van der Waals surface area (Å²) < 4.78 is 118. The Morgan fingerprint density at radius 2 is 1.62 bits per heavy atom. The summed E-state index contributed by atoms with van der Waals surface area (Å²) in [6, 6.07) is 11.3. The van der Waals surface area contributed by atoms with E-state index in [0.29, 0.717) is 0 Å². The van der Waals surface area contributed by atoms with Crippen LogP contribution in [0.4, 0.5) is 26.3 Å². The molecule has 12 nitrogen and oxygen atoms in total. The van der Waals surface area contributed by atoms with Crippen LogP contribution in [0.1, 0.15) is 25.1 Å². The largest absolute Gasteiger partial charge is 0.573 e. The molecule has 0 spiro atoms. The minimum absolute atomic E-state index is 0.0626. The molecule has 0 saturated carbocycles. The van der Waals surface area contributed by atoms with E-state index in [1.807, 2.05) is 0 Å². The van der Waals surface area contributed by atoms with Crippen molar-refractivity contribution in [3.8, 4) is 28.1 Å². The molecule has 0 aliphatic rings. The third-order valence-electron chi connectivity index (χ3n) is 8.27. The maximum absolute atomic E-state index is 16.1. The van der Waals surface area contributed by atoms with Crippen LogP contribution in [-0.4, -0.2) is 68.8 Å². The lowest BCUT2D eigenvalue weighted by atomic mass is 10.0. The molecule has 274 valence electrons. The number of amides is 1. The Morgan fingerprint density at radius 1 is 0.962 bits per heavy atom. The smallest absolute Gasteiger partial charge is 0.406 e. The first-order valence-electron chi connectivity index (χ1n) is 15.2. The number of hydrogen-bond donors (Lipinski definition) is 3. The molecule has 3 N–H and O–H groups in total. The minimum Gasteiger partial charge on any atom is -0.406 e. The van der Waals surface area contributed by atoms with Gasteiger partial charge in [-0.25, -0.2) is 12.8 Å². The second-order valence-corrected chi connectivity index (χ2v) is 14.6. The van der Waals surface area contributed by atoms with Crippen molar-refractivity contribution in [3.63, 3.8) is 0 Å². The number of alkyl halides is 5. The van der Waals surface area contributed by atoms with Crippen LogP contribution in [0, 0.1) is 5.82 Å². The molecule has 0 aliphatic carbocycles. The van der Waals surface area contributed by atoms with Gasteiger partial charge >= 0.3 is 12.3 Å². The Morgan fingerprint density at radius 3 is 2.21 bits per heavy atom. The van der Waals surface area contributed by atoms with Crippen molar-refractivity contribution in [1.29, 1.82) is 0 Å². The number of rotatable bonds is 9. The molecule has 0 fully saturated rings. The summed E-state index contributed by atoms with van der Waals surface area (Å²) in [7, 11) is -2.67. The first-order chi connectivity index (χ1) is 24.2. The summed E-state index contributed by atoms with van der Waals surface area (Å²) in [5, 5.41) is 30.0. The molecule has 0 radical (unpaired) electrons. The lowest BCUT2D eigenvalue weighted by Gasteiger charge is -2.25. The molecule has 1 amide bonds. The summed E-state index contributed by atoms with van der Waals surface area (Å²) in [5.74, 6) is -7.58. The molecule has 0 unspecified atom stereocenters. The Labute approximate surface area is 290 Å². The number of benzene rings is 3. The quantitative estimate of drug-likeness (QED) is 0.147. The van der Waals surface area contributed by atoms with E-state index in [1.54, 1.807) is 0 Å². The molecule has 19 heteroatoms. The standard InChI is InChI=1S/C33H28F6N6O6S/c1-31(2,16-47)41-30(48)32(35,36)29-28-27(43(3)42-29)21-10-7-18(19-11-23(34)22(15-46)26(13-19)52(4,49)50)12-24(21)44-25(14-40-45(28)44)17-5-8-20(9-6-17)51-33(37,38)39/h5-14,46-47H,15-16H2,1-4H3/p+1. The summed E-state index contributed by atoms with van der Waals surface area (Å²) >= 11 is 0. The molecule has 3 aromatic carbocycles. The number of nitrogens with zero attached hydrogens (tertiary/aromatic N) is 5. The molecule has 3 heterocycles. The van der Waals surface area contributed by atoms with Crippen LogP contribution in [0.15, 0.2) is 65.7 Å². The number of halogens is 6. The monoisotopic (exact) mass is 751 g/mol. The van der Waals surface area contributed by atoms with Gasteiger partial charge in [0.1, 0.15) is 17.1 Å². The fraction of sp³-hybridized carbons (Fsp3) is 0.273. The third-order valence-corrected chi connectivity index (χ3v) is 9.43. The lowest BCUT2D eigenvalue weighted by Crippen LogP contribution is -2.51. The highest BCUT2D eigenvalue weighted by atomic mass is 32.2. The van der Waals surface area contributed by atoms with Crippen molar-refractivity contribution in [2.45, 2.75) is 43.2 Å². The van der Waals surface area contributed by atoms with Gasteiger partial charge < -0.3 is 20.3 Å². The predicted molar refractivity (Wildman–Crippen MR) is 172 cm³/mol. The van der Waals surface area contributed by atoms with Gasteiger partial charge in [0.2, 0.25) is 11.9 Å². The van der Waals surface area contributed by atoms with Gasteiger partial charge in [-0.3, -0.25) is 9.48 Å². The molecule has 6 rings (SSSR count). The van der Waals surface area contributed by atoms with Gasteiger partial charge in [-0.05, 0) is 78.1 Å². The van der Waals surface area contributed by atoms with Crippen molar-refractivity contribution in [1.82, 2.24) is 24.8 Å². The summed E-state index contributed by atoms with van der Waals surface area (Å²) in [4.78, 5) is 12.5. The Bertz CT molecular complexity index is 2510. The van der Waals surface area contributed by atoms with E-state index in [1.165, 1.54) is 68.0 Å². The summed E-state index contributed by atoms with van der Waals surface area (Å²) in [6.45, 7) is 1.13. The molecule has 0 saturated heterocycles. The van der Waals surface area contributed by atoms with E-state index in [2.05, 4.69) is 20.3 Å². The number of carbonyl (C=O) groups excluding carboxylic acids is 1. The maximum atomic E-state index is 16.1. The number of aryl methyl sites for hydroxylation is 1. The minimum atomic E-state index is -4.97. The fourth-order valence-electron chi connectivity index (χ4n) is 5.83. The number of aromatic nitrogens is 5. The van der Waals surface area contributed by atoms with Gasteiger partial charge in [0.05, 0.1) is 29.0 Å². The van der Waals surface area contributed by atoms with Gasteiger partial charge in [0, 0.05) is 29.5 Å². The molecule has 6 aromatic rings. The Balaban J connectivity index is 1.68. The molecular formula is C33H29F6N6O6S+. The average Bonchev–Trinajstić information content (AvgIpc) is 3.65. The van der Waals surface area contributed by atoms with Crippen molar-refractivity contribution < 1.29 is 59.0 Å². The van der Waals surface area contributed by atoms with Crippen molar-refractivity contribution in [2.75, 3.05) is 12.9 Å². The Hall–Kier alpha value is -5.27. The van der Waals surface area contributed by atoms with Crippen LogP contribution in [0.25, 0.3) is 44.3 Å². The number of hydrogen-bond acceptors (Lipinski definition) is 8. The van der Waals surface area contributed by atoms with Crippen LogP contribution >= 0.6 is 0 Å². The van der Waals surface area contributed by atoms with Crippen LogP contribution < -0.4 is 14.6 Å². The molecule has 0 bridgehead atoms. The molecular weight excluding hydrogens is 722 g/mol. The van der Waals surface area contributed by atoms with Gasteiger partial charge in [0.15, 0.2) is 26.6 Å². The highest BCUT2D eigenvalue weighted by Gasteiger charge is 2.49. The topological polar surface area (TPSA) is 152 Å². The zero-order valence-electron chi connectivity index (χ0n) is 27.6. The second-order valence-electron chi connectivity index (χ2n) is 12.6. The van der Waals surface area contributed by atoms with Crippen molar-refractivity contribution >= 4 is 37.7 Å². The van der Waals surface area contributed by atoms with Crippen LogP contribution in [0.2, 0.25) is 0 Å². The normalized spacial score (nSPS) is 13.0. The average molecular weight is 752 g/mol. The SMILES string of the molecule is Cn1nc(C(F)(F)C(=O)NC(C)(C)CO)c2c1c1ccc(-c3cc(F)c(CO)c(S(C)(=O)=O)c3)cc1[n+]1c(-c3ccc(OC(F)(F)F)cc3)cnn21. The fourth-order valence-corrected chi connectivity index (χ4v) is 6.78. The van der Waals surface area contributed by atoms with Gasteiger partial charge in [-0.15, -0.1) is 17.7 Å². The van der Waals surface area contributed by atoms with Gasteiger partial charge in [0.25, 0.3) is 5.91 Å². The van der Waals surface area contributed by atoms with E-state index in [0.717, 1.165) is 33.8 Å². The number of fused-ring (bicyclic) bond motifs is 6. The number of nitrogens with one attached hydrogen (secondary N) is 1. The van der Waals surface area contributed by atoms with Gasteiger partial charge in [-0.1, -0.05) is 6.07 Å². The zero-order chi connectivity index (χ0) is 38.1. The van der Waals surface area contributed by atoms with Crippen molar-refractivity contribution in [3.05, 3.63) is 77.9 Å². The van der Waals surface area contributed by atoms with E-state index in [9.17, 15) is 36.6 Å². The lowest BCUT2D eigenvalue weighted by molar-refractivity contribution is -0.581. The number of aliphatic hydroxyl groups is 2.